The molecule has 2 saturated carbocycles. The SMILES string of the molecule is CC(C)(C)C1CC(c2ccc(-c3nc(-c4ccccc4)nc(-c4cccc(-c5nc(-c6ccccc6)nc(-c6ccc(C7CC(C(C)(C)C)CC(C(C)(C)C)C7)cc6)n5)c4)n3)cc2)CC(C(C)(C)C)C1. The van der Waals surface area contributed by atoms with Crippen LogP contribution in [0.4, 0.5) is 0 Å². The molecule has 9 rings (SSSR count). The van der Waals surface area contributed by atoms with Crippen molar-refractivity contribution in [1.82, 2.24) is 29.9 Å². The van der Waals surface area contributed by atoms with Crippen molar-refractivity contribution in [2.75, 3.05) is 0 Å². The lowest BCUT2D eigenvalue weighted by Gasteiger charge is -2.46. The van der Waals surface area contributed by atoms with Crippen LogP contribution in [-0.2, 0) is 0 Å². The summed E-state index contributed by atoms with van der Waals surface area (Å²) in [6.07, 6.45) is 7.48. The molecule has 362 valence electrons. The van der Waals surface area contributed by atoms with E-state index in [1.807, 2.05) is 42.5 Å². The Hall–Kier alpha value is -5.88. The molecule has 0 radical (unpaired) electrons. The molecular weight excluding hydrogens is 853 g/mol. The molecule has 0 N–H and O–H groups in total. The summed E-state index contributed by atoms with van der Waals surface area (Å²) in [5, 5.41) is 0. The van der Waals surface area contributed by atoms with Gasteiger partial charge in [-0.05, 0) is 113 Å². The first-order valence-electron chi connectivity index (χ1n) is 26.1. The van der Waals surface area contributed by atoms with Crippen LogP contribution in [0.3, 0.4) is 0 Å². The molecule has 0 amide bonds. The van der Waals surface area contributed by atoms with Gasteiger partial charge in [-0.1, -0.05) is 210 Å². The molecule has 2 fully saturated rings. The molecule has 6 nitrogen and oxygen atoms in total. The van der Waals surface area contributed by atoms with E-state index in [-0.39, 0.29) is 21.7 Å². The lowest BCUT2D eigenvalue weighted by Crippen LogP contribution is -2.35. The molecule has 0 spiro atoms. The molecule has 5 aromatic carbocycles. The lowest BCUT2D eigenvalue weighted by atomic mass is 9.59. The molecule has 0 saturated heterocycles. The molecular formula is C64H76N6. The van der Waals surface area contributed by atoms with Crippen LogP contribution in [0.5, 0.6) is 0 Å². The average Bonchev–Trinajstić information content (AvgIpc) is 3.35. The lowest BCUT2D eigenvalue weighted by molar-refractivity contribution is 0.0701. The zero-order valence-corrected chi connectivity index (χ0v) is 44.1. The highest BCUT2D eigenvalue weighted by Gasteiger charge is 2.41. The zero-order chi connectivity index (χ0) is 49.6. The second kappa shape index (κ2) is 19.4. The van der Waals surface area contributed by atoms with E-state index in [0.717, 1.165) is 33.4 Å². The van der Waals surface area contributed by atoms with Gasteiger partial charge in [-0.15, -0.1) is 0 Å². The fraction of sp³-hybridized carbons (Fsp3) is 0.438. The smallest absolute Gasteiger partial charge is 0.164 e. The van der Waals surface area contributed by atoms with Gasteiger partial charge in [0.25, 0.3) is 0 Å². The summed E-state index contributed by atoms with van der Waals surface area (Å²) in [7, 11) is 0. The number of aromatic nitrogens is 6. The normalized spacial score (nSPS) is 21.4. The second-order valence-electron chi connectivity index (χ2n) is 25.2. The van der Waals surface area contributed by atoms with Crippen molar-refractivity contribution in [2.24, 2.45) is 45.3 Å². The summed E-state index contributed by atoms with van der Waals surface area (Å²) < 4.78 is 0. The van der Waals surface area contributed by atoms with E-state index in [0.29, 0.717) is 70.5 Å². The maximum atomic E-state index is 5.20. The van der Waals surface area contributed by atoms with Crippen LogP contribution in [0.25, 0.3) is 68.3 Å². The third-order valence-corrected chi connectivity index (χ3v) is 16.3. The molecule has 2 heterocycles. The monoisotopic (exact) mass is 929 g/mol. The molecule has 2 aliphatic carbocycles. The summed E-state index contributed by atoms with van der Waals surface area (Å²) in [4.78, 5) is 30.9. The summed E-state index contributed by atoms with van der Waals surface area (Å²) in [5.41, 5.74) is 9.48. The van der Waals surface area contributed by atoms with Gasteiger partial charge >= 0.3 is 0 Å². The number of rotatable bonds is 8. The third-order valence-electron chi connectivity index (χ3n) is 16.3. The minimum atomic E-state index is 0.276. The Balaban J connectivity index is 1.06. The topological polar surface area (TPSA) is 77.3 Å². The van der Waals surface area contributed by atoms with Crippen molar-refractivity contribution in [3.8, 4) is 68.3 Å². The van der Waals surface area contributed by atoms with E-state index in [1.165, 1.54) is 49.7 Å². The number of benzene rings is 5. The van der Waals surface area contributed by atoms with Gasteiger partial charge in [-0.3, -0.25) is 0 Å². The molecule has 4 unspecified atom stereocenters. The molecule has 2 aliphatic rings. The molecule has 2 aromatic heterocycles. The van der Waals surface area contributed by atoms with E-state index in [9.17, 15) is 0 Å². The maximum absolute atomic E-state index is 5.20. The van der Waals surface area contributed by atoms with Crippen molar-refractivity contribution in [2.45, 2.75) is 133 Å². The van der Waals surface area contributed by atoms with Gasteiger partial charge < -0.3 is 0 Å². The van der Waals surface area contributed by atoms with Crippen molar-refractivity contribution < 1.29 is 0 Å². The Morgan fingerprint density at radius 1 is 0.271 bits per heavy atom. The standard InChI is InChI=1S/C64H76N6/c1-61(2,3)51-35-49(36-52(39-51)62(4,5)6)41-26-30-45(31-27-41)57-65-55(43-20-15-13-16-21-43)67-59(69-57)47-24-19-25-48(34-47)60-68-56(44-22-17-14-18-23-44)66-58(70-60)46-32-28-42(29-33-46)50-37-53(63(7,8)9)40-54(38-50)64(10,11)12/h13-34,49-54H,35-40H2,1-12H3. The van der Waals surface area contributed by atoms with Crippen molar-refractivity contribution in [3.05, 3.63) is 145 Å². The summed E-state index contributed by atoms with van der Waals surface area (Å²) in [5.74, 6) is 7.54. The molecule has 6 heteroatoms. The van der Waals surface area contributed by atoms with Gasteiger partial charge in [0.1, 0.15) is 0 Å². The number of hydrogen-bond donors (Lipinski definition) is 0. The van der Waals surface area contributed by atoms with Crippen LogP contribution in [0.1, 0.15) is 145 Å². The van der Waals surface area contributed by atoms with Gasteiger partial charge in [-0.2, -0.15) is 0 Å². The molecule has 0 bridgehead atoms. The van der Waals surface area contributed by atoms with E-state index >= 15 is 0 Å². The quantitative estimate of drug-likeness (QED) is 0.151. The number of nitrogens with zero attached hydrogens (tertiary/aromatic N) is 6. The van der Waals surface area contributed by atoms with Crippen LogP contribution in [-0.4, -0.2) is 29.9 Å². The van der Waals surface area contributed by atoms with Gasteiger partial charge in [0.05, 0.1) is 0 Å². The first-order chi connectivity index (χ1) is 33.2. The Labute approximate surface area is 419 Å². The summed E-state index contributed by atoms with van der Waals surface area (Å²) >= 11 is 0. The van der Waals surface area contributed by atoms with Gasteiger partial charge in [-0.25, -0.2) is 29.9 Å². The van der Waals surface area contributed by atoms with Crippen molar-refractivity contribution in [1.29, 1.82) is 0 Å². The summed E-state index contributed by atoms with van der Waals surface area (Å²) in [6.45, 7) is 29.0. The highest BCUT2D eigenvalue weighted by molar-refractivity contribution is 5.72. The Kier molecular flexibility index (Phi) is 13.6. The van der Waals surface area contributed by atoms with Gasteiger partial charge in [0.2, 0.25) is 0 Å². The van der Waals surface area contributed by atoms with Crippen LogP contribution in [0.15, 0.2) is 133 Å². The van der Waals surface area contributed by atoms with E-state index < -0.39 is 0 Å². The second-order valence-corrected chi connectivity index (χ2v) is 25.2. The van der Waals surface area contributed by atoms with E-state index in [4.69, 9.17) is 29.9 Å². The Bertz CT molecular complexity index is 2640. The predicted molar refractivity (Wildman–Crippen MR) is 291 cm³/mol. The zero-order valence-electron chi connectivity index (χ0n) is 44.1. The third kappa shape index (κ3) is 11.2. The van der Waals surface area contributed by atoms with Crippen molar-refractivity contribution in [3.63, 3.8) is 0 Å². The largest absolute Gasteiger partial charge is 0.208 e. The Morgan fingerprint density at radius 3 is 0.786 bits per heavy atom. The van der Waals surface area contributed by atoms with Crippen molar-refractivity contribution >= 4 is 0 Å². The Morgan fingerprint density at radius 2 is 0.514 bits per heavy atom. The van der Waals surface area contributed by atoms with Crippen LogP contribution < -0.4 is 0 Å². The molecule has 7 aromatic rings. The minimum Gasteiger partial charge on any atom is -0.208 e. The van der Waals surface area contributed by atoms with E-state index in [2.05, 4.69) is 174 Å². The molecule has 4 atom stereocenters. The number of hydrogen-bond acceptors (Lipinski definition) is 6. The van der Waals surface area contributed by atoms with Crippen LogP contribution in [0, 0.1) is 45.3 Å². The van der Waals surface area contributed by atoms with Gasteiger partial charge in [0, 0.05) is 33.4 Å². The maximum Gasteiger partial charge on any atom is 0.164 e. The van der Waals surface area contributed by atoms with Crippen LogP contribution in [0.2, 0.25) is 0 Å². The summed E-state index contributed by atoms with van der Waals surface area (Å²) in [6, 6.07) is 46.9. The van der Waals surface area contributed by atoms with E-state index in [1.54, 1.807) is 0 Å². The molecule has 70 heavy (non-hydrogen) atoms. The van der Waals surface area contributed by atoms with Gasteiger partial charge in [0.15, 0.2) is 34.9 Å². The fourth-order valence-electron chi connectivity index (χ4n) is 11.3. The first-order valence-corrected chi connectivity index (χ1v) is 26.1. The molecule has 0 aliphatic heterocycles. The fourth-order valence-corrected chi connectivity index (χ4v) is 11.3. The predicted octanol–water partition coefficient (Wildman–Crippen LogP) is 17.2. The highest BCUT2D eigenvalue weighted by atomic mass is 15.0. The average molecular weight is 929 g/mol. The minimum absolute atomic E-state index is 0.276. The highest BCUT2D eigenvalue weighted by Crippen LogP contribution is 2.53. The first kappa shape index (κ1) is 49.1. The van der Waals surface area contributed by atoms with Crippen LogP contribution >= 0.6 is 0 Å².